The molecule has 0 N–H and O–H groups in total. The Hall–Kier alpha value is -2.55. The fraction of sp³-hybridized carbons (Fsp3) is 0.211. The average molecular weight is 291 g/mol. The third-order valence-electron chi connectivity index (χ3n) is 4.38. The highest BCUT2D eigenvalue weighted by atomic mass is 16.3. The summed E-state index contributed by atoms with van der Waals surface area (Å²) >= 11 is 0. The average Bonchev–Trinajstić information content (AvgIpc) is 3.22. The molecule has 1 saturated heterocycles. The molecule has 0 aliphatic carbocycles. The molecule has 1 aliphatic rings. The van der Waals surface area contributed by atoms with Crippen LogP contribution in [0.25, 0.3) is 11.0 Å². The standard InChI is InChI=1S/C19H17NO2/c21-19(18-12-15-8-4-5-9-17(15)22-18)20-11-10-16(13-20)14-6-2-1-3-7-14/h1-9,12,16H,10-11,13H2/t16-/m0/s1. The normalized spacial score (nSPS) is 18.0. The van der Waals surface area contributed by atoms with Crippen molar-refractivity contribution in [2.45, 2.75) is 12.3 Å². The number of hydrogen-bond donors (Lipinski definition) is 0. The first kappa shape index (κ1) is 13.1. The zero-order valence-electron chi connectivity index (χ0n) is 12.2. The van der Waals surface area contributed by atoms with E-state index in [2.05, 4.69) is 24.3 Å². The van der Waals surface area contributed by atoms with Crippen molar-refractivity contribution in [3.8, 4) is 0 Å². The maximum Gasteiger partial charge on any atom is 0.289 e. The second kappa shape index (κ2) is 5.34. The topological polar surface area (TPSA) is 33.5 Å². The molecule has 110 valence electrons. The first-order valence-electron chi connectivity index (χ1n) is 7.64. The molecule has 3 aromatic rings. The van der Waals surface area contributed by atoms with E-state index in [1.807, 2.05) is 41.3 Å². The maximum absolute atomic E-state index is 12.6. The summed E-state index contributed by atoms with van der Waals surface area (Å²) in [6.45, 7) is 1.55. The van der Waals surface area contributed by atoms with Gasteiger partial charge in [-0.05, 0) is 24.1 Å². The second-order valence-electron chi connectivity index (χ2n) is 5.80. The molecule has 2 aromatic carbocycles. The Kier molecular flexibility index (Phi) is 3.19. The van der Waals surface area contributed by atoms with Crippen molar-refractivity contribution >= 4 is 16.9 Å². The third kappa shape index (κ3) is 2.29. The fourth-order valence-corrected chi connectivity index (χ4v) is 3.19. The van der Waals surface area contributed by atoms with Crippen LogP contribution in [-0.2, 0) is 0 Å². The van der Waals surface area contributed by atoms with Crippen LogP contribution < -0.4 is 0 Å². The molecule has 0 saturated carbocycles. The van der Waals surface area contributed by atoms with Crippen molar-refractivity contribution in [2.75, 3.05) is 13.1 Å². The van der Waals surface area contributed by atoms with E-state index in [4.69, 9.17) is 4.42 Å². The van der Waals surface area contributed by atoms with E-state index in [9.17, 15) is 4.79 Å². The van der Waals surface area contributed by atoms with Gasteiger partial charge in [-0.25, -0.2) is 0 Å². The zero-order valence-corrected chi connectivity index (χ0v) is 12.2. The Morgan fingerprint density at radius 3 is 2.64 bits per heavy atom. The monoisotopic (exact) mass is 291 g/mol. The number of carbonyl (C=O) groups is 1. The van der Waals surface area contributed by atoms with Crippen molar-refractivity contribution in [2.24, 2.45) is 0 Å². The summed E-state index contributed by atoms with van der Waals surface area (Å²) in [7, 11) is 0. The number of likely N-dealkylation sites (tertiary alicyclic amines) is 1. The SMILES string of the molecule is O=C(c1cc2ccccc2o1)N1CC[C@H](c2ccccc2)C1. The minimum absolute atomic E-state index is 0.00497. The van der Waals surface area contributed by atoms with Gasteiger partial charge < -0.3 is 9.32 Å². The highest BCUT2D eigenvalue weighted by molar-refractivity contribution is 5.96. The summed E-state index contributed by atoms with van der Waals surface area (Å²) in [4.78, 5) is 14.5. The lowest BCUT2D eigenvalue weighted by molar-refractivity contribution is 0.0761. The lowest BCUT2D eigenvalue weighted by Gasteiger charge is -2.15. The van der Waals surface area contributed by atoms with Crippen LogP contribution in [0.15, 0.2) is 65.1 Å². The van der Waals surface area contributed by atoms with Gasteiger partial charge in [0.2, 0.25) is 0 Å². The molecule has 0 bridgehead atoms. The number of para-hydroxylation sites is 1. The fourth-order valence-electron chi connectivity index (χ4n) is 3.19. The van der Waals surface area contributed by atoms with Gasteiger partial charge in [0, 0.05) is 24.4 Å². The summed E-state index contributed by atoms with van der Waals surface area (Å²) in [6.07, 6.45) is 1.01. The van der Waals surface area contributed by atoms with Crippen LogP contribution >= 0.6 is 0 Å². The van der Waals surface area contributed by atoms with Crippen LogP contribution in [0.5, 0.6) is 0 Å². The van der Waals surface area contributed by atoms with E-state index in [0.29, 0.717) is 11.7 Å². The number of carbonyl (C=O) groups excluding carboxylic acids is 1. The molecule has 1 amide bonds. The highest BCUT2D eigenvalue weighted by Crippen LogP contribution is 2.29. The molecule has 0 radical (unpaired) electrons. The number of furan rings is 1. The van der Waals surface area contributed by atoms with E-state index < -0.39 is 0 Å². The van der Waals surface area contributed by atoms with E-state index >= 15 is 0 Å². The van der Waals surface area contributed by atoms with Gasteiger partial charge in [-0.15, -0.1) is 0 Å². The maximum atomic E-state index is 12.6. The van der Waals surface area contributed by atoms with Gasteiger partial charge in [0.15, 0.2) is 5.76 Å². The Labute approximate surface area is 129 Å². The predicted octanol–water partition coefficient (Wildman–Crippen LogP) is 4.06. The number of hydrogen-bond acceptors (Lipinski definition) is 2. The van der Waals surface area contributed by atoms with Crippen LogP contribution in [0.2, 0.25) is 0 Å². The molecular formula is C19H17NO2. The lowest BCUT2D eigenvalue weighted by Crippen LogP contribution is -2.28. The number of nitrogens with zero attached hydrogens (tertiary/aromatic N) is 1. The van der Waals surface area contributed by atoms with Gasteiger partial charge in [-0.1, -0.05) is 48.5 Å². The van der Waals surface area contributed by atoms with Crippen LogP contribution in [0, 0.1) is 0 Å². The molecule has 1 aromatic heterocycles. The largest absolute Gasteiger partial charge is 0.451 e. The van der Waals surface area contributed by atoms with Crippen molar-refractivity contribution in [3.05, 3.63) is 72.0 Å². The first-order chi connectivity index (χ1) is 10.8. The molecule has 1 atom stereocenters. The van der Waals surface area contributed by atoms with Crippen LogP contribution in [0.1, 0.15) is 28.5 Å². The second-order valence-corrected chi connectivity index (χ2v) is 5.80. The van der Waals surface area contributed by atoms with E-state index in [-0.39, 0.29) is 5.91 Å². The highest BCUT2D eigenvalue weighted by Gasteiger charge is 2.29. The Bertz CT molecular complexity index is 773. The molecular weight excluding hydrogens is 274 g/mol. The minimum atomic E-state index is -0.00497. The summed E-state index contributed by atoms with van der Waals surface area (Å²) in [5.74, 6) is 0.860. The molecule has 1 aliphatic heterocycles. The molecule has 22 heavy (non-hydrogen) atoms. The van der Waals surface area contributed by atoms with Gasteiger partial charge in [0.05, 0.1) is 0 Å². The van der Waals surface area contributed by atoms with E-state index in [0.717, 1.165) is 30.5 Å². The van der Waals surface area contributed by atoms with Crippen LogP contribution in [-0.4, -0.2) is 23.9 Å². The van der Waals surface area contributed by atoms with Gasteiger partial charge >= 0.3 is 0 Å². The van der Waals surface area contributed by atoms with Crippen LogP contribution in [0.4, 0.5) is 0 Å². The first-order valence-corrected chi connectivity index (χ1v) is 7.64. The van der Waals surface area contributed by atoms with Crippen molar-refractivity contribution in [3.63, 3.8) is 0 Å². The van der Waals surface area contributed by atoms with E-state index in [1.54, 1.807) is 0 Å². The molecule has 2 heterocycles. The Morgan fingerprint density at radius 2 is 1.82 bits per heavy atom. The van der Waals surface area contributed by atoms with Crippen molar-refractivity contribution < 1.29 is 9.21 Å². The molecule has 0 spiro atoms. The smallest absolute Gasteiger partial charge is 0.289 e. The summed E-state index contributed by atoms with van der Waals surface area (Å²) in [6, 6.07) is 20.0. The van der Waals surface area contributed by atoms with Gasteiger partial charge in [0.1, 0.15) is 5.58 Å². The quantitative estimate of drug-likeness (QED) is 0.713. The molecule has 1 fully saturated rings. The number of fused-ring (bicyclic) bond motifs is 1. The van der Waals surface area contributed by atoms with E-state index in [1.165, 1.54) is 5.56 Å². The number of benzene rings is 2. The van der Waals surface area contributed by atoms with Gasteiger partial charge in [0.25, 0.3) is 5.91 Å². The van der Waals surface area contributed by atoms with Crippen molar-refractivity contribution in [1.29, 1.82) is 0 Å². The predicted molar refractivity (Wildman–Crippen MR) is 85.9 cm³/mol. The Balaban J connectivity index is 1.54. The zero-order chi connectivity index (χ0) is 14.9. The number of amides is 1. The van der Waals surface area contributed by atoms with Gasteiger partial charge in [-0.3, -0.25) is 4.79 Å². The summed E-state index contributed by atoms with van der Waals surface area (Å²) < 4.78 is 5.69. The van der Waals surface area contributed by atoms with Crippen molar-refractivity contribution in [1.82, 2.24) is 4.90 Å². The summed E-state index contributed by atoms with van der Waals surface area (Å²) in [5, 5.41) is 0.977. The molecule has 3 nitrogen and oxygen atoms in total. The van der Waals surface area contributed by atoms with Crippen LogP contribution in [0.3, 0.4) is 0 Å². The minimum Gasteiger partial charge on any atom is -0.451 e. The lowest BCUT2D eigenvalue weighted by atomic mass is 9.99. The summed E-state index contributed by atoms with van der Waals surface area (Å²) in [5.41, 5.74) is 2.08. The van der Waals surface area contributed by atoms with Gasteiger partial charge in [-0.2, -0.15) is 0 Å². The third-order valence-corrected chi connectivity index (χ3v) is 4.38. The number of rotatable bonds is 2. The molecule has 3 heteroatoms. The Morgan fingerprint density at radius 1 is 1.05 bits per heavy atom. The molecule has 0 unspecified atom stereocenters. The molecule has 4 rings (SSSR count).